The van der Waals surface area contributed by atoms with Crippen molar-refractivity contribution < 1.29 is 14.0 Å². The first-order valence-electron chi connectivity index (χ1n) is 6.23. The second-order valence-electron chi connectivity index (χ2n) is 4.48. The third kappa shape index (κ3) is 2.42. The Kier molecular flexibility index (Phi) is 3.75. The zero-order valence-corrected chi connectivity index (χ0v) is 10.4. The minimum Gasteiger partial charge on any atom is -0.312 e. The highest BCUT2D eigenvalue weighted by Gasteiger charge is 2.33. The number of halogens is 1. The molecule has 0 bridgehead atoms. The first-order valence-corrected chi connectivity index (χ1v) is 6.23. The molecule has 1 amide bonds. The molecule has 0 saturated carbocycles. The number of amides is 1. The van der Waals surface area contributed by atoms with E-state index >= 15 is 0 Å². The largest absolute Gasteiger partial charge is 0.312 e. The number of piperidine rings is 1. The standard InChI is InChI=1S/C14H16FNO2/c1-2-13(17)12-4-3-9-16(14(12)18)11-7-5-10(15)6-8-11/h5-8,12H,2-4,9H2,1H3. The normalized spacial score (nSPS) is 20.0. The number of Topliss-reactive ketones (excluding diaryl/α,β-unsaturated/α-hetero) is 1. The summed E-state index contributed by atoms with van der Waals surface area (Å²) in [5.74, 6) is -1.01. The zero-order chi connectivity index (χ0) is 13.1. The maximum Gasteiger partial charge on any atom is 0.237 e. The van der Waals surface area contributed by atoms with Crippen LogP contribution in [0.15, 0.2) is 24.3 Å². The van der Waals surface area contributed by atoms with Crippen LogP contribution in [0.2, 0.25) is 0 Å². The van der Waals surface area contributed by atoms with E-state index in [1.54, 1.807) is 24.0 Å². The Hall–Kier alpha value is -1.71. The summed E-state index contributed by atoms with van der Waals surface area (Å²) >= 11 is 0. The molecule has 0 spiro atoms. The van der Waals surface area contributed by atoms with Crippen LogP contribution in [0.5, 0.6) is 0 Å². The van der Waals surface area contributed by atoms with Gasteiger partial charge in [0.15, 0.2) is 0 Å². The third-order valence-corrected chi connectivity index (χ3v) is 3.31. The molecule has 1 aliphatic rings. The quantitative estimate of drug-likeness (QED) is 0.772. The summed E-state index contributed by atoms with van der Waals surface area (Å²) in [5, 5.41) is 0. The molecule has 1 fully saturated rings. The van der Waals surface area contributed by atoms with Gasteiger partial charge in [-0.2, -0.15) is 0 Å². The van der Waals surface area contributed by atoms with Gasteiger partial charge in [0.1, 0.15) is 11.6 Å². The van der Waals surface area contributed by atoms with Gasteiger partial charge in [-0.25, -0.2) is 4.39 Å². The second-order valence-corrected chi connectivity index (χ2v) is 4.48. The number of benzene rings is 1. The van der Waals surface area contributed by atoms with E-state index in [0.717, 1.165) is 6.42 Å². The fourth-order valence-electron chi connectivity index (χ4n) is 2.30. The summed E-state index contributed by atoms with van der Waals surface area (Å²) in [6.45, 7) is 2.37. The Bertz CT molecular complexity index is 455. The second kappa shape index (κ2) is 5.29. The molecule has 2 rings (SSSR count). The Morgan fingerprint density at radius 3 is 2.67 bits per heavy atom. The van der Waals surface area contributed by atoms with Crippen molar-refractivity contribution in [3.8, 4) is 0 Å². The van der Waals surface area contributed by atoms with Crippen molar-refractivity contribution in [3.05, 3.63) is 30.1 Å². The topological polar surface area (TPSA) is 37.4 Å². The van der Waals surface area contributed by atoms with Gasteiger partial charge in [-0.1, -0.05) is 6.92 Å². The molecule has 0 N–H and O–H groups in total. The van der Waals surface area contributed by atoms with Gasteiger partial charge in [-0.05, 0) is 37.1 Å². The van der Waals surface area contributed by atoms with Crippen molar-refractivity contribution in [2.45, 2.75) is 26.2 Å². The highest BCUT2D eigenvalue weighted by atomic mass is 19.1. The predicted octanol–water partition coefficient (Wildman–Crippen LogP) is 2.55. The summed E-state index contributed by atoms with van der Waals surface area (Å²) in [6, 6.07) is 5.81. The van der Waals surface area contributed by atoms with Crippen LogP contribution in [0.3, 0.4) is 0 Å². The first kappa shape index (κ1) is 12.7. The zero-order valence-electron chi connectivity index (χ0n) is 10.4. The Morgan fingerprint density at radius 2 is 2.06 bits per heavy atom. The predicted molar refractivity (Wildman–Crippen MR) is 66.8 cm³/mol. The van der Waals surface area contributed by atoms with E-state index in [1.165, 1.54) is 12.1 Å². The fraction of sp³-hybridized carbons (Fsp3) is 0.429. The summed E-state index contributed by atoms with van der Waals surface area (Å²) in [4.78, 5) is 25.5. The number of hydrogen-bond donors (Lipinski definition) is 0. The molecule has 3 nitrogen and oxygen atoms in total. The van der Waals surface area contributed by atoms with Gasteiger partial charge in [0.2, 0.25) is 5.91 Å². The highest BCUT2D eigenvalue weighted by Crippen LogP contribution is 2.25. The van der Waals surface area contributed by atoms with Crippen LogP contribution in [-0.2, 0) is 9.59 Å². The van der Waals surface area contributed by atoms with Crippen molar-refractivity contribution in [1.82, 2.24) is 0 Å². The summed E-state index contributed by atoms with van der Waals surface area (Å²) in [5.41, 5.74) is 0.662. The Labute approximate surface area is 106 Å². The fourth-order valence-corrected chi connectivity index (χ4v) is 2.30. The number of rotatable bonds is 3. The number of nitrogens with zero attached hydrogens (tertiary/aromatic N) is 1. The molecule has 1 aliphatic heterocycles. The van der Waals surface area contributed by atoms with Gasteiger partial charge in [0.25, 0.3) is 0 Å². The van der Waals surface area contributed by atoms with Crippen LogP contribution < -0.4 is 4.90 Å². The summed E-state index contributed by atoms with van der Waals surface area (Å²) < 4.78 is 12.9. The van der Waals surface area contributed by atoms with Crippen LogP contribution in [0.25, 0.3) is 0 Å². The van der Waals surface area contributed by atoms with Crippen molar-refractivity contribution in [1.29, 1.82) is 0 Å². The van der Waals surface area contributed by atoms with Gasteiger partial charge in [0, 0.05) is 18.7 Å². The lowest BCUT2D eigenvalue weighted by molar-refractivity contribution is -0.133. The van der Waals surface area contributed by atoms with Crippen molar-refractivity contribution in [3.63, 3.8) is 0 Å². The molecular weight excluding hydrogens is 233 g/mol. The molecular formula is C14H16FNO2. The molecule has 18 heavy (non-hydrogen) atoms. The molecule has 1 aromatic rings. The van der Waals surface area contributed by atoms with E-state index in [2.05, 4.69) is 0 Å². The van der Waals surface area contributed by atoms with E-state index in [-0.39, 0.29) is 17.5 Å². The first-order chi connectivity index (χ1) is 8.63. The van der Waals surface area contributed by atoms with Crippen LogP contribution in [0, 0.1) is 11.7 Å². The summed E-state index contributed by atoms with van der Waals surface area (Å²) in [6.07, 6.45) is 1.82. The number of carbonyl (C=O) groups excluding carboxylic acids is 2. The molecule has 0 radical (unpaired) electrons. The van der Waals surface area contributed by atoms with E-state index in [9.17, 15) is 14.0 Å². The molecule has 0 aliphatic carbocycles. The Morgan fingerprint density at radius 1 is 1.39 bits per heavy atom. The average molecular weight is 249 g/mol. The minimum absolute atomic E-state index is 0.00758. The Balaban J connectivity index is 2.21. The van der Waals surface area contributed by atoms with Crippen molar-refractivity contribution >= 4 is 17.4 Å². The van der Waals surface area contributed by atoms with Crippen LogP contribution in [0.4, 0.5) is 10.1 Å². The van der Waals surface area contributed by atoms with Gasteiger partial charge < -0.3 is 4.90 Å². The lowest BCUT2D eigenvalue weighted by Crippen LogP contribution is -2.44. The van der Waals surface area contributed by atoms with E-state index in [0.29, 0.717) is 25.1 Å². The summed E-state index contributed by atoms with van der Waals surface area (Å²) in [7, 11) is 0. The van der Waals surface area contributed by atoms with Crippen LogP contribution in [-0.4, -0.2) is 18.2 Å². The maximum atomic E-state index is 12.9. The van der Waals surface area contributed by atoms with E-state index in [1.807, 2.05) is 0 Å². The molecule has 1 heterocycles. The molecule has 0 aromatic heterocycles. The lowest BCUT2D eigenvalue weighted by atomic mass is 9.91. The average Bonchev–Trinajstić information content (AvgIpc) is 2.39. The SMILES string of the molecule is CCC(=O)C1CCCN(c2ccc(F)cc2)C1=O. The molecule has 1 unspecified atom stereocenters. The van der Waals surface area contributed by atoms with Gasteiger partial charge >= 0.3 is 0 Å². The van der Waals surface area contributed by atoms with E-state index < -0.39 is 5.92 Å². The minimum atomic E-state index is -0.520. The van der Waals surface area contributed by atoms with Gasteiger partial charge in [0.05, 0.1) is 5.92 Å². The molecule has 4 heteroatoms. The van der Waals surface area contributed by atoms with Crippen LogP contribution in [0.1, 0.15) is 26.2 Å². The van der Waals surface area contributed by atoms with Gasteiger partial charge in [-0.15, -0.1) is 0 Å². The highest BCUT2D eigenvalue weighted by molar-refractivity contribution is 6.08. The number of ketones is 1. The molecule has 1 atom stereocenters. The lowest BCUT2D eigenvalue weighted by Gasteiger charge is -2.31. The number of hydrogen-bond acceptors (Lipinski definition) is 2. The molecule has 1 aromatic carbocycles. The number of carbonyl (C=O) groups is 2. The maximum absolute atomic E-state index is 12.9. The molecule has 1 saturated heterocycles. The van der Waals surface area contributed by atoms with Crippen molar-refractivity contribution in [2.24, 2.45) is 5.92 Å². The molecule has 96 valence electrons. The van der Waals surface area contributed by atoms with Crippen molar-refractivity contribution in [2.75, 3.05) is 11.4 Å². The third-order valence-electron chi connectivity index (χ3n) is 3.31. The smallest absolute Gasteiger partial charge is 0.237 e. The number of anilines is 1. The monoisotopic (exact) mass is 249 g/mol. The van der Waals surface area contributed by atoms with E-state index in [4.69, 9.17) is 0 Å². The van der Waals surface area contributed by atoms with Crippen LogP contribution >= 0.6 is 0 Å². The van der Waals surface area contributed by atoms with Gasteiger partial charge in [-0.3, -0.25) is 9.59 Å².